The maximum absolute atomic E-state index is 12.0. The molecule has 0 spiro atoms. The zero-order valence-electron chi connectivity index (χ0n) is 11.2. The van der Waals surface area contributed by atoms with E-state index in [4.69, 9.17) is 9.47 Å². The van der Waals surface area contributed by atoms with Crippen LogP contribution in [0.1, 0.15) is 24.9 Å². The summed E-state index contributed by atoms with van der Waals surface area (Å²) in [6, 6.07) is 5.69. The van der Waals surface area contributed by atoms with Crippen LogP contribution in [0.15, 0.2) is 22.7 Å². The summed E-state index contributed by atoms with van der Waals surface area (Å²) in [6.45, 7) is 2.82. The molecule has 5 nitrogen and oxygen atoms in total. The van der Waals surface area contributed by atoms with Crippen molar-refractivity contribution in [1.82, 2.24) is 10.9 Å². The van der Waals surface area contributed by atoms with Crippen LogP contribution in [0.3, 0.4) is 0 Å². The van der Waals surface area contributed by atoms with Gasteiger partial charge in [-0.3, -0.25) is 4.79 Å². The van der Waals surface area contributed by atoms with Crippen LogP contribution < -0.4 is 15.6 Å². The Morgan fingerprint density at radius 2 is 2.35 bits per heavy atom. The molecule has 3 atom stereocenters. The summed E-state index contributed by atoms with van der Waals surface area (Å²) < 4.78 is 11.9. The van der Waals surface area contributed by atoms with Gasteiger partial charge >= 0.3 is 5.97 Å². The minimum atomic E-state index is -0.325. The zero-order chi connectivity index (χ0) is 14.1. The summed E-state index contributed by atoms with van der Waals surface area (Å²) in [5, 5.41) is 0. The highest BCUT2D eigenvalue weighted by Crippen LogP contribution is 2.40. The molecule has 0 aromatic heterocycles. The van der Waals surface area contributed by atoms with E-state index in [1.165, 1.54) is 0 Å². The van der Waals surface area contributed by atoms with Crippen molar-refractivity contribution >= 4 is 21.9 Å². The third kappa shape index (κ3) is 2.43. The summed E-state index contributed by atoms with van der Waals surface area (Å²) in [4.78, 5) is 12.0. The predicted molar refractivity (Wildman–Crippen MR) is 77.2 cm³/mol. The second-order valence-corrected chi connectivity index (χ2v) is 5.89. The molecule has 6 heteroatoms. The number of halogens is 1. The van der Waals surface area contributed by atoms with Gasteiger partial charge in [-0.1, -0.05) is 15.9 Å². The van der Waals surface area contributed by atoms with E-state index in [-0.39, 0.29) is 24.0 Å². The number of fused-ring (bicyclic) bond motifs is 3. The first-order chi connectivity index (χ1) is 9.70. The Bertz CT molecular complexity index is 523. The van der Waals surface area contributed by atoms with Crippen molar-refractivity contribution in [1.29, 1.82) is 0 Å². The quantitative estimate of drug-likeness (QED) is 0.805. The monoisotopic (exact) mass is 340 g/mol. The lowest BCUT2D eigenvalue weighted by Crippen LogP contribution is -2.40. The van der Waals surface area contributed by atoms with Gasteiger partial charge in [0, 0.05) is 16.0 Å². The number of hydrogen-bond donors (Lipinski definition) is 2. The van der Waals surface area contributed by atoms with E-state index >= 15 is 0 Å². The maximum Gasteiger partial charge on any atom is 0.324 e. The molecule has 3 unspecified atom stereocenters. The van der Waals surface area contributed by atoms with E-state index in [2.05, 4.69) is 26.8 Å². The third-order valence-corrected chi connectivity index (χ3v) is 4.30. The summed E-state index contributed by atoms with van der Waals surface area (Å²) >= 11 is 3.49. The van der Waals surface area contributed by atoms with Crippen molar-refractivity contribution in [2.45, 2.75) is 25.4 Å². The molecule has 2 N–H and O–H groups in total. The van der Waals surface area contributed by atoms with Gasteiger partial charge in [0.2, 0.25) is 0 Å². The number of ether oxygens (including phenoxy) is 2. The lowest BCUT2D eigenvalue weighted by molar-refractivity contribution is -0.146. The third-order valence-electron chi connectivity index (χ3n) is 3.81. The lowest BCUT2D eigenvalue weighted by atomic mass is 9.87. The molecule has 1 aromatic carbocycles. The zero-order valence-corrected chi connectivity index (χ0v) is 12.8. The molecule has 2 heterocycles. The summed E-state index contributed by atoms with van der Waals surface area (Å²) in [5.74, 6) is 0.801. The highest BCUT2D eigenvalue weighted by atomic mass is 79.9. The molecular formula is C14H17BrN2O3. The fourth-order valence-electron chi connectivity index (χ4n) is 2.89. The molecule has 1 aromatic rings. The molecule has 1 saturated heterocycles. The van der Waals surface area contributed by atoms with Gasteiger partial charge in [0.25, 0.3) is 0 Å². The number of carbonyl (C=O) groups is 1. The van der Waals surface area contributed by atoms with Crippen molar-refractivity contribution in [3.8, 4) is 5.75 Å². The van der Waals surface area contributed by atoms with Crippen LogP contribution in [0.25, 0.3) is 0 Å². The van der Waals surface area contributed by atoms with Gasteiger partial charge in [0.15, 0.2) is 0 Å². The van der Waals surface area contributed by atoms with Crippen LogP contribution in [-0.4, -0.2) is 25.2 Å². The van der Waals surface area contributed by atoms with Gasteiger partial charge in [0.1, 0.15) is 11.8 Å². The molecule has 0 bridgehead atoms. The molecule has 0 saturated carbocycles. The Kier molecular flexibility index (Phi) is 3.96. The van der Waals surface area contributed by atoms with Gasteiger partial charge in [-0.2, -0.15) is 0 Å². The predicted octanol–water partition coefficient (Wildman–Crippen LogP) is 1.93. The van der Waals surface area contributed by atoms with Crippen molar-refractivity contribution in [3.05, 3.63) is 28.2 Å². The van der Waals surface area contributed by atoms with Crippen molar-refractivity contribution < 1.29 is 14.3 Å². The van der Waals surface area contributed by atoms with Crippen molar-refractivity contribution in [3.63, 3.8) is 0 Å². The number of carbonyl (C=O) groups excluding carboxylic acids is 1. The van der Waals surface area contributed by atoms with Crippen LogP contribution in [0, 0.1) is 5.92 Å². The van der Waals surface area contributed by atoms with Gasteiger partial charge in [0.05, 0.1) is 19.3 Å². The first-order valence-corrected chi connectivity index (χ1v) is 7.60. The molecule has 2 aliphatic heterocycles. The smallest absolute Gasteiger partial charge is 0.324 e. The number of rotatable bonds is 2. The molecule has 0 aliphatic carbocycles. The van der Waals surface area contributed by atoms with Crippen LogP contribution >= 0.6 is 15.9 Å². The van der Waals surface area contributed by atoms with E-state index in [1.807, 2.05) is 25.1 Å². The van der Waals surface area contributed by atoms with Gasteiger partial charge in [-0.05, 0) is 31.5 Å². The average molecular weight is 341 g/mol. The minimum Gasteiger partial charge on any atom is -0.493 e. The first kappa shape index (κ1) is 13.9. The number of esters is 1. The summed E-state index contributed by atoms with van der Waals surface area (Å²) in [6.07, 6.45) is 0.806. The molecule has 0 amide bonds. The van der Waals surface area contributed by atoms with E-state index in [9.17, 15) is 4.79 Å². The lowest BCUT2D eigenvalue weighted by Gasteiger charge is -2.19. The molecule has 2 aliphatic rings. The number of hydrogen-bond acceptors (Lipinski definition) is 5. The molecule has 0 radical (unpaired) electrons. The van der Waals surface area contributed by atoms with Gasteiger partial charge < -0.3 is 9.47 Å². The molecular weight excluding hydrogens is 324 g/mol. The summed E-state index contributed by atoms with van der Waals surface area (Å²) in [7, 11) is 0. The fourth-order valence-corrected chi connectivity index (χ4v) is 3.27. The van der Waals surface area contributed by atoms with Crippen LogP contribution in [0.4, 0.5) is 0 Å². The van der Waals surface area contributed by atoms with Gasteiger partial charge in [-0.15, -0.1) is 0 Å². The average Bonchev–Trinajstić information content (AvgIpc) is 2.77. The molecule has 20 heavy (non-hydrogen) atoms. The number of nitrogens with one attached hydrogen (secondary N) is 2. The highest BCUT2D eigenvalue weighted by Gasteiger charge is 2.43. The largest absolute Gasteiger partial charge is 0.493 e. The fraction of sp³-hybridized carbons (Fsp3) is 0.500. The van der Waals surface area contributed by atoms with E-state index in [0.717, 1.165) is 22.2 Å². The number of hydrazine groups is 1. The van der Waals surface area contributed by atoms with Crippen molar-refractivity contribution in [2.75, 3.05) is 13.2 Å². The Hall–Kier alpha value is -1.11. The Labute approximate surface area is 126 Å². The van der Waals surface area contributed by atoms with Crippen LogP contribution in [-0.2, 0) is 9.53 Å². The van der Waals surface area contributed by atoms with E-state index < -0.39 is 0 Å². The molecule has 1 fully saturated rings. The Morgan fingerprint density at radius 1 is 1.50 bits per heavy atom. The number of benzene rings is 1. The van der Waals surface area contributed by atoms with Crippen LogP contribution in [0.5, 0.6) is 5.75 Å². The summed E-state index contributed by atoms with van der Waals surface area (Å²) in [5.41, 5.74) is 7.37. The standard InChI is InChI=1S/C14H17BrN2O3/c1-2-19-14(18)13-9-5-6-20-11-4-3-8(15)7-10(11)12(9)16-17-13/h3-4,7,9,12-13,16-17H,2,5-6H2,1H3. The molecule has 108 valence electrons. The topological polar surface area (TPSA) is 59.6 Å². The van der Waals surface area contributed by atoms with Crippen LogP contribution in [0.2, 0.25) is 0 Å². The first-order valence-electron chi connectivity index (χ1n) is 6.80. The molecule has 3 rings (SSSR count). The Morgan fingerprint density at radius 3 is 3.15 bits per heavy atom. The van der Waals surface area contributed by atoms with E-state index in [0.29, 0.717) is 13.2 Å². The second kappa shape index (κ2) is 5.71. The normalized spacial score (nSPS) is 28.0. The van der Waals surface area contributed by atoms with E-state index in [1.54, 1.807) is 0 Å². The maximum atomic E-state index is 12.0. The van der Waals surface area contributed by atoms with Gasteiger partial charge in [-0.25, -0.2) is 10.9 Å². The highest BCUT2D eigenvalue weighted by molar-refractivity contribution is 9.10. The second-order valence-electron chi connectivity index (χ2n) is 4.98. The Balaban J connectivity index is 1.90. The minimum absolute atomic E-state index is 0.0550. The SMILES string of the molecule is CCOC(=O)C1NNC2c3cc(Br)ccc3OCCC12. The van der Waals surface area contributed by atoms with Crippen molar-refractivity contribution in [2.24, 2.45) is 5.92 Å².